The Morgan fingerprint density at radius 2 is 1.61 bits per heavy atom. The molecule has 1 N–H and O–H groups in total. The standard InChI is InChI=1S/C27H48O/c1-7-9-18(4)20-10-11-21-24-22(13-15-26(20,21)5)27(6)14-12-17(3)16-23(27)19(8-2)25(24)28/h17-25,28H,7-16H2,1-6H3/t17-,18-,19-,20?,21?,22?,23+,24?,25?,26-,27-/m1/s1. The number of rotatable bonds is 4. The molecule has 162 valence electrons. The van der Waals surface area contributed by atoms with Crippen LogP contribution in [0.5, 0.6) is 0 Å². The molecule has 0 heterocycles. The quantitative estimate of drug-likeness (QED) is 0.534. The summed E-state index contributed by atoms with van der Waals surface area (Å²) in [7, 11) is 0. The molecule has 4 aliphatic carbocycles. The first-order valence-electron chi connectivity index (χ1n) is 13.0. The molecule has 0 aliphatic heterocycles. The molecule has 4 fully saturated rings. The van der Waals surface area contributed by atoms with Crippen molar-refractivity contribution in [3.63, 3.8) is 0 Å². The molecule has 0 amide bonds. The van der Waals surface area contributed by atoms with Gasteiger partial charge in [0.1, 0.15) is 0 Å². The first-order chi connectivity index (χ1) is 13.3. The van der Waals surface area contributed by atoms with Crippen LogP contribution in [0.3, 0.4) is 0 Å². The zero-order valence-corrected chi connectivity index (χ0v) is 19.7. The van der Waals surface area contributed by atoms with Gasteiger partial charge >= 0.3 is 0 Å². The van der Waals surface area contributed by atoms with Crippen molar-refractivity contribution in [2.75, 3.05) is 0 Å². The molecule has 11 atom stereocenters. The third kappa shape index (κ3) is 2.96. The van der Waals surface area contributed by atoms with Crippen molar-refractivity contribution in [2.24, 2.45) is 58.2 Å². The predicted molar refractivity (Wildman–Crippen MR) is 119 cm³/mol. The van der Waals surface area contributed by atoms with Gasteiger partial charge in [-0.25, -0.2) is 0 Å². The number of aliphatic hydroxyl groups excluding tert-OH is 1. The van der Waals surface area contributed by atoms with E-state index in [1.807, 2.05) is 0 Å². The summed E-state index contributed by atoms with van der Waals surface area (Å²) in [5, 5.41) is 11.8. The monoisotopic (exact) mass is 388 g/mol. The van der Waals surface area contributed by atoms with E-state index in [0.717, 1.165) is 35.5 Å². The second-order valence-electron chi connectivity index (χ2n) is 12.3. The van der Waals surface area contributed by atoms with Crippen molar-refractivity contribution in [3.8, 4) is 0 Å². The molecule has 4 aliphatic rings. The lowest BCUT2D eigenvalue weighted by molar-refractivity contribution is -0.198. The topological polar surface area (TPSA) is 20.2 Å². The van der Waals surface area contributed by atoms with E-state index in [-0.39, 0.29) is 6.10 Å². The van der Waals surface area contributed by atoms with Crippen LogP contribution in [-0.2, 0) is 0 Å². The maximum atomic E-state index is 11.8. The minimum Gasteiger partial charge on any atom is -0.393 e. The highest BCUT2D eigenvalue weighted by Gasteiger charge is 2.64. The third-order valence-electron chi connectivity index (χ3n) is 11.2. The minimum absolute atomic E-state index is 0.0387. The Labute approximate surface area is 175 Å². The van der Waals surface area contributed by atoms with E-state index < -0.39 is 0 Å². The van der Waals surface area contributed by atoms with E-state index in [4.69, 9.17) is 0 Å². The Balaban J connectivity index is 1.67. The summed E-state index contributed by atoms with van der Waals surface area (Å²) in [5.74, 6) is 6.05. The molecule has 0 radical (unpaired) electrons. The van der Waals surface area contributed by atoms with Gasteiger partial charge in [0, 0.05) is 0 Å². The number of aliphatic hydroxyl groups is 1. The Hall–Kier alpha value is -0.0400. The molecular formula is C27H48O. The highest BCUT2D eigenvalue weighted by Crippen LogP contribution is 2.69. The van der Waals surface area contributed by atoms with Crippen molar-refractivity contribution in [1.29, 1.82) is 0 Å². The lowest BCUT2D eigenvalue weighted by atomic mass is 9.41. The fourth-order valence-electron chi connectivity index (χ4n) is 9.81. The lowest BCUT2D eigenvalue weighted by Gasteiger charge is -2.65. The van der Waals surface area contributed by atoms with Gasteiger partial charge in [-0.2, -0.15) is 0 Å². The average molecular weight is 389 g/mol. The second-order valence-corrected chi connectivity index (χ2v) is 12.3. The van der Waals surface area contributed by atoms with Crippen molar-refractivity contribution in [1.82, 2.24) is 0 Å². The van der Waals surface area contributed by atoms with E-state index in [9.17, 15) is 5.11 Å². The Kier molecular flexibility index (Phi) is 5.74. The van der Waals surface area contributed by atoms with Crippen molar-refractivity contribution in [2.45, 2.75) is 112 Å². The molecule has 1 nitrogen and oxygen atoms in total. The highest BCUT2D eigenvalue weighted by molar-refractivity contribution is 5.13. The normalized spacial score (nSPS) is 54.5. The number of fused-ring (bicyclic) bond motifs is 5. The molecule has 1 heteroatoms. The molecule has 0 saturated heterocycles. The fraction of sp³-hybridized carbons (Fsp3) is 1.00. The summed E-state index contributed by atoms with van der Waals surface area (Å²) >= 11 is 0. The fourth-order valence-corrected chi connectivity index (χ4v) is 9.81. The SMILES string of the molecule is CCC[C@@H](C)C1CCC2C3C(O)[C@H](CC)[C@@H]4C[C@H](C)CC[C@]4(C)C3CC[C@@]21C. The van der Waals surface area contributed by atoms with Crippen LogP contribution in [-0.4, -0.2) is 11.2 Å². The zero-order chi connectivity index (χ0) is 20.3. The largest absolute Gasteiger partial charge is 0.393 e. The molecule has 0 aromatic heterocycles. The highest BCUT2D eigenvalue weighted by atomic mass is 16.3. The van der Waals surface area contributed by atoms with E-state index in [0.29, 0.717) is 22.7 Å². The van der Waals surface area contributed by atoms with E-state index >= 15 is 0 Å². The molecule has 28 heavy (non-hydrogen) atoms. The number of hydrogen-bond acceptors (Lipinski definition) is 1. The molecule has 5 unspecified atom stereocenters. The van der Waals surface area contributed by atoms with E-state index in [1.54, 1.807) is 0 Å². The van der Waals surface area contributed by atoms with Gasteiger partial charge in [0.2, 0.25) is 0 Å². The van der Waals surface area contributed by atoms with Crippen LogP contribution in [0.2, 0.25) is 0 Å². The second kappa shape index (κ2) is 7.58. The van der Waals surface area contributed by atoms with E-state index in [2.05, 4.69) is 41.5 Å². The van der Waals surface area contributed by atoms with Crippen LogP contribution < -0.4 is 0 Å². The lowest BCUT2D eigenvalue weighted by Crippen LogP contribution is -2.61. The van der Waals surface area contributed by atoms with Gasteiger partial charge in [-0.3, -0.25) is 0 Å². The van der Waals surface area contributed by atoms with Crippen LogP contribution in [0.4, 0.5) is 0 Å². The van der Waals surface area contributed by atoms with Crippen molar-refractivity contribution in [3.05, 3.63) is 0 Å². The zero-order valence-electron chi connectivity index (χ0n) is 19.7. The van der Waals surface area contributed by atoms with Crippen molar-refractivity contribution < 1.29 is 5.11 Å². The Morgan fingerprint density at radius 1 is 0.929 bits per heavy atom. The summed E-state index contributed by atoms with van der Waals surface area (Å²) in [6.45, 7) is 15.0. The van der Waals surface area contributed by atoms with Gasteiger partial charge in [0.15, 0.2) is 0 Å². The smallest absolute Gasteiger partial charge is 0.0605 e. The number of hydrogen-bond donors (Lipinski definition) is 1. The maximum Gasteiger partial charge on any atom is 0.0605 e. The Bertz CT molecular complexity index is 556. The Morgan fingerprint density at radius 3 is 2.29 bits per heavy atom. The molecule has 4 saturated carbocycles. The summed E-state index contributed by atoms with van der Waals surface area (Å²) in [6, 6.07) is 0. The predicted octanol–water partition coefficient (Wildman–Crippen LogP) is 7.32. The molecular weight excluding hydrogens is 340 g/mol. The van der Waals surface area contributed by atoms with Crippen molar-refractivity contribution >= 4 is 0 Å². The summed E-state index contributed by atoms with van der Waals surface area (Å²) in [5.41, 5.74) is 0.978. The van der Waals surface area contributed by atoms with Crippen LogP contribution in [0.1, 0.15) is 106 Å². The average Bonchev–Trinajstić information content (AvgIpc) is 3.01. The van der Waals surface area contributed by atoms with Gasteiger partial charge in [-0.1, -0.05) is 67.2 Å². The maximum absolute atomic E-state index is 11.8. The molecule has 0 bridgehead atoms. The first kappa shape index (κ1) is 21.2. The van der Waals surface area contributed by atoms with Crippen LogP contribution in [0.15, 0.2) is 0 Å². The van der Waals surface area contributed by atoms with Gasteiger partial charge in [-0.05, 0) is 96.7 Å². The molecule has 4 rings (SSSR count). The van der Waals surface area contributed by atoms with E-state index in [1.165, 1.54) is 64.2 Å². The van der Waals surface area contributed by atoms with Crippen LogP contribution in [0, 0.1) is 58.2 Å². The molecule has 0 spiro atoms. The summed E-state index contributed by atoms with van der Waals surface area (Å²) in [4.78, 5) is 0. The summed E-state index contributed by atoms with van der Waals surface area (Å²) < 4.78 is 0. The molecule has 0 aromatic carbocycles. The van der Waals surface area contributed by atoms with Gasteiger partial charge < -0.3 is 5.11 Å². The minimum atomic E-state index is -0.0387. The summed E-state index contributed by atoms with van der Waals surface area (Å²) in [6.07, 6.45) is 13.7. The third-order valence-corrected chi connectivity index (χ3v) is 11.2. The molecule has 0 aromatic rings. The van der Waals surface area contributed by atoms with Gasteiger partial charge in [-0.15, -0.1) is 0 Å². The van der Waals surface area contributed by atoms with Gasteiger partial charge in [0.05, 0.1) is 6.10 Å². The van der Waals surface area contributed by atoms with Gasteiger partial charge in [0.25, 0.3) is 0 Å². The first-order valence-corrected chi connectivity index (χ1v) is 13.0. The van der Waals surface area contributed by atoms with Crippen LogP contribution in [0.25, 0.3) is 0 Å². The van der Waals surface area contributed by atoms with Crippen LogP contribution >= 0.6 is 0 Å².